The van der Waals surface area contributed by atoms with E-state index in [4.69, 9.17) is 10.0 Å². The molecule has 6 aromatic rings. The summed E-state index contributed by atoms with van der Waals surface area (Å²) in [5.74, 6) is -0.406. The molecule has 0 aliphatic carbocycles. The van der Waals surface area contributed by atoms with E-state index in [0.29, 0.717) is 5.46 Å². The van der Waals surface area contributed by atoms with Gasteiger partial charge in [0.25, 0.3) is 0 Å². The number of halogens is 3. The van der Waals surface area contributed by atoms with Crippen LogP contribution in [0, 0.1) is 11.6 Å². The van der Waals surface area contributed by atoms with Gasteiger partial charge in [-0.3, -0.25) is 0 Å². The topological polar surface area (TPSA) is 40.5 Å². The highest BCUT2D eigenvalue weighted by atomic mass is 79.9. The maximum atomic E-state index is 12.9. The minimum Gasteiger partial charge on any atom is -0.423 e. The summed E-state index contributed by atoms with van der Waals surface area (Å²) in [6.45, 7) is 0. The molecule has 0 fully saturated rings. The van der Waals surface area contributed by atoms with Crippen molar-refractivity contribution in [3.05, 3.63) is 174 Å². The van der Waals surface area contributed by atoms with E-state index in [-0.39, 0.29) is 11.6 Å². The maximum Gasteiger partial charge on any atom is 0.488 e. The lowest BCUT2D eigenvalue weighted by Gasteiger charge is -2.06. The minimum atomic E-state index is -1.41. The Hall–Kier alpha value is -4.36. The Morgan fingerprint density at radius 2 is 0.786 bits per heavy atom. The Morgan fingerprint density at radius 1 is 0.405 bits per heavy atom. The molecule has 0 spiro atoms. The number of hydrogen-bond acceptors (Lipinski definition) is 2. The van der Waals surface area contributed by atoms with Crippen molar-refractivity contribution in [3.63, 3.8) is 0 Å². The van der Waals surface area contributed by atoms with Crippen molar-refractivity contribution in [1.82, 2.24) is 0 Å². The molecule has 0 aliphatic heterocycles. The summed E-state index contributed by atoms with van der Waals surface area (Å²) in [4.78, 5) is 0. The first-order valence-corrected chi connectivity index (χ1v) is 14.0. The average molecular weight is 621 g/mol. The van der Waals surface area contributed by atoms with Crippen molar-refractivity contribution in [2.24, 2.45) is 0 Å². The average Bonchev–Trinajstić information content (AvgIpc) is 3.04. The van der Waals surface area contributed by atoms with Crippen LogP contribution in [0.15, 0.2) is 162 Å². The third-order valence-electron chi connectivity index (χ3n) is 6.24. The Balaban J connectivity index is 0.000000157. The molecule has 0 unspecified atom stereocenters. The van der Waals surface area contributed by atoms with Gasteiger partial charge in [0.05, 0.1) is 0 Å². The van der Waals surface area contributed by atoms with Crippen LogP contribution in [0.2, 0.25) is 0 Å². The molecular formula is C36H28BBrF2O2. The molecule has 0 bridgehead atoms. The Bertz CT molecular complexity index is 1640. The fraction of sp³-hybridized carbons (Fsp3) is 0. The second kappa shape index (κ2) is 15.6. The van der Waals surface area contributed by atoms with Crippen molar-refractivity contribution in [3.8, 4) is 33.4 Å². The molecule has 0 amide bonds. The third kappa shape index (κ3) is 9.35. The summed E-state index contributed by atoms with van der Waals surface area (Å²) in [5.41, 5.74) is 7.05. The van der Waals surface area contributed by atoms with Gasteiger partial charge in [0, 0.05) is 4.47 Å². The number of benzene rings is 6. The fourth-order valence-electron chi connectivity index (χ4n) is 4.09. The second-order valence-electron chi connectivity index (χ2n) is 9.26. The van der Waals surface area contributed by atoms with Crippen molar-refractivity contribution >= 4 is 28.5 Å². The third-order valence-corrected chi connectivity index (χ3v) is 6.77. The molecule has 2 nitrogen and oxygen atoms in total. The van der Waals surface area contributed by atoms with E-state index in [2.05, 4.69) is 40.2 Å². The molecular weight excluding hydrogens is 593 g/mol. The predicted octanol–water partition coefficient (Wildman–Crippen LogP) is 8.78. The lowest BCUT2D eigenvalue weighted by Crippen LogP contribution is -2.29. The van der Waals surface area contributed by atoms with Gasteiger partial charge in [-0.2, -0.15) is 0 Å². The van der Waals surface area contributed by atoms with Crippen LogP contribution in [0.1, 0.15) is 0 Å². The van der Waals surface area contributed by atoms with Gasteiger partial charge in [0.2, 0.25) is 0 Å². The highest BCUT2D eigenvalue weighted by Gasteiger charge is 2.10. The summed E-state index contributed by atoms with van der Waals surface area (Å²) >= 11 is 3.18. The first-order chi connectivity index (χ1) is 20.4. The molecule has 6 aromatic carbocycles. The fourth-order valence-corrected chi connectivity index (χ4v) is 4.35. The van der Waals surface area contributed by atoms with E-state index in [1.165, 1.54) is 35.4 Å². The highest BCUT2D eigenvalue weighted by Crippen LogP contribution is 2.26. The largest absolute Gasteiger partial charge is 0.488 e. The van der Waals surface area contributed by atoms with E-state index < -0.39 is 7.12 Å². The van der Waals surface area contributed by atoms with Crippen LogP contribution in [0.5, 0.6) is 0 Å². The highest BCUT2D eigenvalue weighted by molar-refractivity contribution is 9.10. The van der Waals surface area contributed by atoms with E-state index in [9.17, 15) is 8.78 Å². The second-order valence-corrected chi connectivity index (χ2v) is 10.2. The lowest BCUT2D eigenvalue weighted by molar-refractivity contribution is 0.426. The van der Waals surface area contributed by atoms with Crippen LogP contribution in [0.4, 0.5) is 8.78 Å². The van der Waals surface area contributed by atoms with Gasteiger partial charge >= 0.3 is 7.12 Å². The van der Waals surface area contributed by atoms with Crippen molar-refractivity contribution in [2.75, 3.05) is 0 Å². The van der Waals surface area contributed by atoms with Gasteiger partial charge in [-0.1, -0.05) is 131 Å². The van der Waals surface area contributed by atoms with Crippen LogP contribution in [0.3, 0.4) is 0 Å². The first kappa shape index (κ1) is 30.6. The quantitative estimate of drug-likeness (QED) is 0.193. The molecule has 2 N–H and O–H groups in total. The Labute approximate surface area is 253 Å². The summed E-state index contributed by atoms with van der Waals surface area (Å²) in [6.07, 6.45) is 0. The molecule has 0 saturated carbocycles. The van der Waals surface area contributed by atoms with Crippen molar-refractivity contribution in [1.29, 1.82) is 0 Å². The predicted molar refractivity (Wildman–Crippen MR) is 173 cm³/mol. The lowest BCUT2D eigenvalue weighted by atomic mass is 9.79. The molecule has 42 heavy (non-hydrogen) atoms. The zero-order chi connectivity index (χ0) is 29.7. The van der Waals surface area contributed by atoms with Gasteiger partial charge in [0.1, 0.15) is 11.6 Å². The SMILES string of the molecule is Fc1ccc(-c2cccc(-c3ccccc3)c2)cc1.Fc1ccc(Br)cc1.OB(O)c1cccc(-c2ccccc2)c1. The van der Waals surface area contributed by atoms with Gasteiger partial charge in [0.15, 0.2) is 0 Å². The molecule has 0 atom stereocenters. The van der Waals surface area contributed by atoms with Crippen LogP contribution >= 0.6 is 15.9 Å². The van der Waals surface area contributed by atoms with Gasteiger partial charge in [-0.05, 0) is 81.3 Å². The van der Waals surface area contributed by atoms with Crippen LogP contribution < -0.4 is 5.46 Å². The molecule has 6 heteroatoms. The smallest absolute Gasteiger partial charge is 0.423 e. The summed E-state index contributed by atoms with van der Waals surface area (Å²) in [5, 5.41) is 18.1. The summed E-state index contributed by atoms with van der Waals surface area (Å²) < 4.78 is 25.9. The molecule has 0 aliphatic rings. The normalized spacial score (nSPS) is 10.0. The molecule has 0 radical (unpaired) electrons. The van der Waals surface area contributed by atoms with E-state index in [0.717, 1.165) is 26.7 Å². The monoisotopic (exact) mass is 620 g/mol. The molecule has 6 rings (SSSR count). The zero-order valence-corrected chi connectivity index (χ0v) is 24.2. The van der Waals surface area contributed by atoms with Gasteiger partial charge in [-0.15, -0.1) is 0 Å². The maximum absolute atomic E-state index is 12.9. The number of rotatable bonds is 4. The van der Waals surface area contributed by atoms with Crippen molar-refractivity contribution in [2.45, 2.75) is 0 Å². The van der Waals surface area contributed by atoms with E-state index in [1.54, 1.807) is 36.4 Å². The van der Waals surface area contributed by atoms with Crippen LogP contribution in [0.25, 0.3) is 33.4 Å². The summed E-state index contributed by atoms with van der Waals surface area (Å²) in [7, 11) is -1.41. The zero-order valence-electron chi connectivity index (χ0n) is 22.6. The Kier molecular flexibility index (Phi) is 11.4. The van der Waals surface area contributed by atoms with Crippen LogP contribution in [-0.2, 0) is 0 Å². The van der Waals surface area contributed by atoms with E-state index >= 15 is 0 Å². The molecule has 0 saturated heterocycles. The van der Waals surface area contributed by atoms with Gasteiger partial charge in [-0.25, -0.2) is 8.78 Å². The number of hydrogen-bond donors (Lipinski definition) is 2. The van der Waals surface area contributed by atoms with Crippen LogP contribution in [-0.4, -0.2) is 17.2 Å². The molecule has 0 heterocycles. The Morgan fingerprint density at radius 3 is 1.24 bits per heavy atom. The molecule has 208 valence electrons. The standard InChI is InChI=1S/C18H13F.C12H11BO2.C6H4BrF/c19-18-11-9-15(10-12-18)17-8-4-7-16(13-17)14-5-2-1-3-6-14;14-13(15)12-8-4-7-11(9-12)10-5-2-1-3-6-10;7-5-1-3-6(8)4-2-5/h1-13H;1-9,14-15H;1-4H. The van der Waals surface area contributed by atoms with E-state index in [1.807, 2.05) is 72.8 Å². The first-order valence-electron chi connectivity index (χ1n) is 13.2. The van der Waals surface area contributed by atoms with Gasteiger partial charge < -0.3 is 10.0 Å². The molecule has 0 aromatic heterocycles. The summed E-state index contributed by atoms with van der Waals surface area (Å²) in [6, 6.07) is 48.3. The minimum absolute atomic E-state index is 0.201. The van der Waals surface area contributed by atoms with Crippen molar-refractivity contribution < 1.29 is 18.8 Å².